The molecule has 0 saturated heterocycles. The number of nitro benzene ring substituents is 1. The first-order chi connectivity index (χ1) is 13.3. The lowest BCUT2D eigenvalue weighted by Gasteiger charge is -2.27. The lowest BCUT2D eigenvalue weighted by atomic mass is 10.1. The summed E-state index contributed by atoms with van der Waals surface area (Å²) in [4.78, 5) is 26.9. The number of urea groups is 1. The predicted octanol–water partition coefficient (Wildman–Crippen LogP) is 3.57. The maximum atomic E-state index is 13.1. The highest BCUT2D eigenvalue weighted by Crippen LogP contribution is 2.19. The van der Waals surface area contributed by atoms with Crippen molar-refractivity contribution >= 4 is 11.7 Å². The number of hydrogen-bond acceptors (Lipinski definition) is 4. The average Bonchev–Trinajstić information content (AvgIpc) is 2.66. The van der Waals surface area contributed by atoms with Crippen molar-refractivity contribution in [2.24, 2.45) is 0 Å². The number of carbonyl (C=O) groups excluding carboxylic acids is 1. The van der Waals surface area contributed by atoms with E-state index >= 15 is 0 Å². The summed E-state index contributed by atoms with van der Waals surface area (Å²) < 4.78 is 13.1. The van der Waals surface area contributed by atoms with Crippen molar-refractivity contribution in [2.45, 2.75) is 19.5 Å². The smallest absolute Gasteiger partial charge is 0.318 e. The van der Waals surface area contributed by atoms with Gasteiger partial charge >= 0.3 is 6.03 Å². The summed E-state index contributed by atoms with van der Waals surface area (Å²) in [5.41, 5.74) is 1.45. The van der Waals surface area contributed by atoms with E-state index in [2.05, 4.69) is 5.32 Å². The van der Waals surface area contributed by atoms with E-state index in [1.807, 2.05) is 19.0 Å². The van der Waals surface area contributed by atoms with Crippen LogP contribution in [0.2, 0.25) is 0 Å². The van der Waals surface area contributed by atoms with Crippen molar-refractivity contribution in [1.29, 1.82) is 0 Å². The third-order valence-corrected chi connectivity index (χ3v) is 4.31. The molecule has 0 aliphatic heterocycles. The summed E-state index contributed by atoms with van der Waals surface area (Å²) in [5.74, 6) is -0.327. The summed E-state index contributed by atoms with van der Waals surface area (Å²) in [7, 11) is 3.83. The third-order valence-electron chi connectivity index (χ3n) is 4.31. The lowest BCUT2D eigenvalue weighted by molar-refractivity contribution is -0.384. The second-order valence-electron chi connectivity index (χ2n) is 6.87. The van der Waals surface area contributed by atoms with Gasteiger partial charge in [0.2, 0.25) is 0 Å². The van der Waals surface area contributed by atoms with Gasteiger partial charge in [-0.15, -0.1) is 0 Å². The average molecular weight is 388 g/mol. The molecule has 1 atom stereocenters. The monoisotopic (exact) mass is 388 g/mol. The van der Waals surface area contributed by atoms with Gasteiger partial charge in [-0.1, -0.05) is 24.3 Å². The van der Waals surface area contributed by atoms with Crippen molar-refractivity contribution in [3.8, 4) is 0 Å². The standard InChI is InChI=1S/C20H25FN4O3/c1-15(17-5-4-6-19(13-17)25(27)28)22-20(26)24(12-11-23(2)3)14-16-7-9-18(21)10-8-16/h4-10,13,15H,11-12,14H2,1-3H3,(H,22,26). The molecule has 1 N–H and O–H groups in total. The SMILES string of the molecule is CC(NC(=O)N(CCN(C)C)Cc1ccc(F)cc1)c1cccc([N+](=O)[O-])c1. The summed E-state index contributed by atoms with van der Waals surface area (Å²) in [6, 6.07) is 11.5. The summed E-state index contributed by atoms with van der Waals surface area (Å²) in [6.07, 6.45) is 0. The third kappa shape index (κ3) is 6.31. The van der Waals surface area contributed by atoms with Gasteiger partial charge in [0.15, 0.2) is 0 Å². The molecular formula is C20H25FN4O3. The molecule has 0 aliphatic rings. The molecule has 150 valence electrons. The van der Waals surface area contributed by atoms with Crippen molar-refractivity contribution in [2.75, 3.05) is 27.2 Å². The first-order valence-corrected chi connectivity index (χ1v) is 8.95. The second-order valence-corrected chi connectivity index (χ2v) is 6.87. The fourth-order valence-electron chi connectivity index (χ4n) is 2.65. The second kappa shape index (κ2) is 9.80. The number of nitrogens with one attached hydrogen (secondary N) is 1. The zero-order valence-electron chi connectivity index (χ0n) is 16.3. The summed E-state index contributed by atoms with van der Waals surface area (Å²) in [6.45, 7) is 3.26. The molecule has 0 aliphatic carbocycles. The van der Waals surface area contributed by atoms with Crippen LogP contribution in [0.4, 0.5) is 14.9 Å². The van der Waals surface area contributed by atoms with Crippen LogP contribution in [0.3, 0.4) is 0 Å². The molecule has 0 radical (unpaired) electrons. The van der Waals surface area contributed by atoms with E-state index in [9.17, 15) is 19.3 Å². The van der Waals surface area contributed by atoms with Crippen molar-refractivity contribution in [3.63, 3.8) is 0 Å². The van der Waals surface area contributed by atoms with Crippen LogP contribution < -0.4 is 5.32 Å². The molecule has 0 fully saturated rings. The lowest BCUT2D eigenvalue weighted by Crippen LogP contribution is -2.43. The van der Waals surface area contributed by atoms with Gasteiger partial charge in [-0.25, -0.2) is 9.18 Å². The van der Waals surface area contributed by atoms with Crippen LogP contribution in [-0.4, -0.2) is 47.9 Å². The zero-order chi connectivity index (χ0) is 20.7. The van der Waals surface area contributed by atoms with E-state index in [0.29, 0.717) is 25.2 Å². The number of hydrogen-bond donors (Lipinski definition) is 1. The molecular weight excluding hydrogens is 363 g/mol. The molecule has 0 aromatic heterocycles. The first kappa shape index (κ1) is 21.3. The molecule has 2 amide bonds. The van der Waals surface area contributed by atoms with Crippen LogP contribution in [0, 0.1) is 15.9 Å². The van der Waals surface area contributed by atoms with Gasteiger partial charge in [-0.2, -0.15) is 0 Å². The number of rotatable bonds is 8. The maximum Gasteiger partial charge on any atom is 0.318 e. The Morgan fingerprint density at radius 1 is 1.18 bits per heavy atom. The Morgan fingerprint density at radius 2 is 1.86 bits per heavy atom. The Labute approximate surface area is 163 Å². The summed E-state index contributed by atoms with van der Waals surface area (Å²) in [5, 5.41) is 13.9. The van der Waals surface area contributed by atoms with E-state index in [1.54, 1.807) is 36.1 Å². The number of nitrogens with zero attached hydrogens (tertiary/aromatic N) is 3. The van der Waals surface area contributed by atoms with Crippen LogP contribution in [0.1, 0.15) is 24.1 Å². The van der Waals surface area contributed by atoms with Gasteiger partial charge in [0.05, 0.1) is 11.0 Å². The molecule has 7 nitrogen and oxygen atoms in total. The van der Waals surface area contributed by atoms with E-state index in [4.69, 9.17) is 0 Å². The predicted molar refractivity (Wildman–Crippen MR) is 105 cm³/mol. The highest BCUT2D eigenvalue weighted by Gasteiger charge is 2.18. The zero-order valence-corrected chi connectivity index (χ0v) is 16.3. The van der Waals surface area contributed by atoms with Crippen LogP contribution in [-0.2, 0) is 6.54 Å². The summed E-state index contributed by atoms with van der Waals surface area (Å²) >= 11 is 0. The fraction of sp³-hybridized carbons (Fsp3) is 0.350. The largest absolute Gasteiger partial charge is 0.331 e. The molecule has 2 aromatic carbocycles. The van der Waals surface area contributed by atoms with Crippen molar-refractivity contribution in [3.05, 3.63) is 75.6 Å². The number of carbonyl (C=O) groups is 1. The van der Waals surface area contributed by atoms with Crippen LogP contribution in [0.5, 0.6) is 0 Å². The van der Waals surface area contributed by atoms with Crippen LogP contribution in [0.15, 0.2) is 48.5 Å². The van der Waals surface area contributed by atoms with Gasteiger partial charge in [0.1, 0.15) is 5.82 Å². The molecule has 28 heavy (non-hydrogen) atoms. The molecule has 2 rings (SSSR count). The minimum Gasteiger partial charge on any atom is -0.331 e. The fourth-order valence-corrected chi connectivity index (χ4v) is 2.65. The van der Waals surface area contributed by atoms with Crippen molar-refractivity contribution < 1.29 is 14.1 Å². The number of benzene rings is 2. The number of nitro groups is 1. The van der Waals surface area contributed by atoms with Gasteiger partial charge in [0.25, 0.3) is 5.69 Å². The van der Waals surface area contributed by atoms with E-state index in [-0.39, 0.29) is 17.5 Å². The number of halogens is 1. The molecule has 0 heterocycles. The quantitative estimate of drug-likeness (QED) is 0.554. The molecule has 0 bridgehead atoms. The number of likely N-dealkylation sites (N-methyl/N-ethyl adjacent to an activating group) is 1. The molecule has 8 heteroatoms. The molecule has 0 saturated carbocycles. The molecule has 0 spiro atoms. The van der Waals surface area contributed by atoms with E-state index in [0.717, 1.165) is 5.56 Å². The van der Waals surface area contributed by atoms with Crippen LogP contribution >= 0.6 is 0 Å². The van der Waals surface area contributed by atoms with Crippen LogP contribution in [0.25, 0.3) is 0 Å². The highest BCUT2D eigenvalue weighted by atomic mass is 19.1. The highest BCUT2D eigenvalue weighted by molar-refractivity contribution is 5.74. The van der Waals surface area contributed by atoms with Gasteiger partial charge in [-0.05, 0) is 44.3 Å². The Morgan fingerprint density at radius 3 is 2.46 bits per heavy atom. The first-order valence-electron chi connectivity index (χ1n) is 8.95. The Kier molecular flexibility index (Phi) is 7.45. The Bertz CT molecular complexity index is 811. The van der Waals surface area contributed by atoms with Crippen molar-refractivity contribution in [1.82, 2.24) is 15.1 Å². The number of amides is 2. The van der Waals surface area contributed by atoms with Gasteiger partial charge in [0, 0.05) is 31.8 Å². The molecule has 2 aromatic rings. The normalized spacial score (nSPS) is 11.9. The number of non-ortho nitro benzene ring substituents is 1. The van der Waals surface area contributed by atoms with Gasteiger partial charge in [-0.3, -0.25) is 10.1 Å². The Balaban J connectivity index is 2.10. The van der Waals surface area contributed by atoms with E-state index in [1.165, 1.54) is 24.3 Å². The topological polar surface area (TPSA) is 78.7 Å². The minimum absolute atomic E-state index is 0.0191. The van der Waals surface area contributed by atoms with E-state index < -0.39 is 11.0 Å². The maximum absolute atomic E-state index is 13.1. The molecule has 1 unspecified atom stereocenters. The minimum atomic E-state index is -0.462. The Hall–Kier alpha value is -3.00. The van der Waals surface area contributed by atoms with Gasteiger partial charge < -0.3 is 15.1 Å².